The molecule has 2 unspecified atom stereocenters. The number of piperidine rings is 1. The van der Waals surface area contributed by atoms with Crippen LogP contribution in [-0.4, -0.2) is 35.2 Å². The van der Waals surface area contributed by atoms with Crippen molar-refractivity contribution in [2.24, 2.45) is 0 Å². The van der Waals surface area contributed by atoms with Crippen molar-refractivity contribution in [1.82, 2.24) is 10.2 Å². The average Bonchev–Trinajstić information content (AvgIpc) is 2.82. The molecule has 1 fully saturated rings. The molecule has 2 aliphatic heterocycles. The zero-order chi connectivity index (χ0) is 15.7. The van der Waals surface area contributed by atoms with Crippen LogP contribution in [0.2, 0.25) is 0 Å². The van der Waals surface area contributed by atoms with E-state index in [1.165, 1.54) is 0 Å². The highest BCUT2D eigenvalue weighted by molar-refractivity contribution is 7.80. The van der Waals surface area contributed by atoms with Crippen molar-refractivity contribution < 1.29 is 9.59 Å². The third-order valence-electron chi connectivity index (χ3n) is 4.12. The number of thiol groups is 1. The summed E-state index contributed by atoms with van der Waals surface area (Å²) in [6.07, 6.45) is 0.930. The van der Waals surface area contributed by atoms with E-state index in [-0.39, 0.29) is 23.2 Å². The van der Waals surface area contributed by atoms with Crippen LogP contribution in [0.5, 0.6) is 0 Å². The molecule has 1 saturated heterocycles. The second-order valence-electron chi connectivity index (χ2n) is 5.54. The van der Waals surface area contributed by atoms with Crippen molar-refractivity contribution in [2.75, 3.05) is 17.7 Å². The zero-order valence-corrected chi connectivity index (χ0v) is 13.7. The third kappa shape index (κ3) is 2.95. The molecule has 0 bridgehead atoms. The van der Waals surface area contributed by atoms with Crippen molar-refractivity contribution in [3.8, 4) is 0 Å². The lowest BCUT2D eigenvalue weighted by Gasteiger charge is -2.32. The molecule has 2 amide bonds. The Kier molecular flexibility index (Phi) is 4.61. The molecule has 0 aromatic heterocycles. The number of anilines is 1. The number of fused-ring (bicyclic) bond motifs is 1. The molecule has 0 spiro atoms. The fourth-order valence-corrected chi connectivity index (χ4v) is 3.63. The number of imide groups is 1. The highest BCUT2D eigenvalue weighted by atomic mass is 35.5. The van der Waals surface area contributed by atoms with Crippen molar-refractivity contribution in [3.05, 3.63) is 29.3 Å². The number of carbonyl (C=O) groups is 2. The monoisotopic (exact) mass is 339 g/mol. The largest absolute Gasteiger partial charge is 0.384 e. The summed E-state index contributed by atoms with van der Waals surface area (Å²) in [6, 6.07) is 5.82. The van der Waals surface area contributed by atoms with Crippen LogP contribution < -0.4 is 10.6 Å². The van der Waals surface area contributed by atoms with Gasteiger partial charge in [-0.15, -0.1) is 11.6 Å². The number of carbonyl (C=O) groups excluding carboxylic acids is 2. The van der Waals surface area contributed by atoms with Crippen molar-refractivity contribution in [3.63, 3.8) is 0 Å². The van der Waals surface area contributed by atoms with E-state index in [9.17, 15) is 9.59 Å². The quantitative estimate of drug-likeness (QED) is 0.445. The summed E-state index contributed by atoms with van der Waals surface area (Å²) in [6.45, 7) is 1.37. The molecule has 22 heavy (non-hydrogen) atoms. The lowest BCUT2D eigenvalue weighted by atomic mass is 10.0. The van der Waals surface area contributed by atoms with E-state index in [0.717, 1.165) is 16.8 Å². The van der Waals surface area contributed by atoms with Gasteiger partial charge in [-0.25, -0.2) is 0 Å². The first-order chi connectivity index (χ1) is 10.6. The molecular formula is C15H18ClN3O2S. The van der Waals surface area contributed by atoms with Gasteiger partial charge < -0.3 is 5.32 Å². The Morgan fingerprint density at radius 1 is 1.41 bits per heavy atom. The van der Waals surface area contributed by atoms with Crippen LogP contribution >= 0.6 is 24.2 Å². The van der Waals surface area contributed by atoms with Gasteiger partial charge in [-0.1, -0.05) is 6.07 Å². The number of halogens is 1. The van der Waals surface area contributed by atoms with Crippen LogP contribution in [0.25, 0.3) is 0 Å². The SMILES string of the molecule is O=C1CCC(N2Cc3cc(NCCCl)ccc3C2S)C(=O)N1. The topological polar surface area (TPSA) is 61.4 Å². The number of amides is 2. The lowest BCUT2D eigenvalue weighted by Crippen LogP contribution is -2.51. The molecule has 2 aliphatic rings. The first-order valence-corrected chi connectivity index (χ1v) is 8.35. The normalized spacial score (nSPS) is 25.0. The van der Waals surface area contributed by atoms with E-state index in [2.05, 4.69) is 29.3 Å². The van der Waals surface area contributed by atoms with E-state index in [1.54, 1.807) is 0 Å². The smallest absolute Gasteiger partial charge is 0.243 e. The standard InChI is InChI=1S/C15H18ClN3O2S/c16-5-6-17-10-1-2-11-9(7-10)8-19(15(11)22)12-3-4-13(20)18-14(12)21/h1-2,7,12,15,17,22H,3-6,8H2,(H,18,20,21). The minimum absolute atomic E-state index is 0.124. The first kappa shape index (κ1) is 15.6. The van der Waals surface area contributed by atoms with E-state index in [0.29, 0.717) is 31.8 Å². The van der Waals surface area contributed by atoms with Gasteiger partial charge in [-0.2, -0.15) is 12.6 Å². The van der Waals surface area contributed by atoms with Gasteiger partial charge in [0.05, 0.1) is 11.4 Å². The molecule has 0 saturated carbocycles. The summed E-state index contributed by atoms with van der Waals surface area (Å²) in [5.41, 5.74) is 3.29. The number of hydrogen-bond acceptors (Lipinski definition) is 5. The summed E-state index contributed by atoms with van der Waals surface area (Å²) in [5, 5.41) is 5.54. The van der Waals surface area contributed by atoms with Crippen LogP contribution in [0.15, 0.2) is 18.2 Å². The van der Waals surface area contributed by atoms with Crippen molar-refractivity contribution >= 4 is 41.7 Å². The molecule has 1 aromatic carbocycles. The number of benzene rings is 1. The van der Waals surface area contributed by atoms with Gasteiger partial charge >= 0.3 is 0 Å². The highest BCUT2D eigenvalue weighted by Crippen LogP contribution is 2.40. The number of rotatable bonds is 4. The van der Waals surface area contributed by atoms with Crippen molar-refractivity contribution in [2.45, 2.75) is 30.8 Å². The number of nitrogens with one attached hydrogen (secondary N) is 2. The molecule has 2 N–H and O–H groups in total. The van der Waals surface area contributed by atoms with E-state index in [4.69, 9.17) is 11.6 Å². The molecule has 0 aliphatic carbocycles. The predicted octanol–water partition coefficient (Wildman–Crippen LogP) is 1.89. The Bertz CT molecular complexity index is 610. The van der Waals surface area contributed by atoms with Crippen LogP contribution in [0.4, 0.5) is 5.69 Å². The molecule has 3 rings (SSSR count). The van der Waals surface area contributed by atoms with E-state index >= 15 is 0 Å². The summed E-state index contributed by atoms with van der Waals surface area (Å²) < 4.78 is 0. The van der Waals surface area contributed by atoms with Crippen molar-refractivity contribution in [1.29, 1.82) is 0 Å². The van der Waals surface area contributed by atoms with Crippen LogP contribution in [-0.2, 0) is 16.1 Å². The lowest BCUT2D eigenvalue weighted by molar-refractivity contribution is -0.137. The Hall–Kier alpha value is -1.24. The average molecular weight is 340 g/mol. The molecule has 2 atom stereocenters. The number of hydrogen-bond donors (Lipinski definition) is 3. The second kappa shape index (κ2) is 6.48. The highest BCUT2D eigenvalue weighted by Gasteiger charge is 2.38. The van der Waals surface area contributed by atoms with E-state index in [1.807, 2.05) is 17.0 Å². The Labute approximate surface area is 139 Å². The molecule has 0 radical (unpaired) electrons. The first-order valence-electron chi connectivity index (χ1n) is 7.30. The second-order valence-corrected chi connectivity index (χ2v) is 6.41. The summed E-state index contributed by atoms with van der Waals surface area (Å²) in [4.78, 5) is 25.4. The maximum absolute atomic E-state index is 12.1. The summed E-state index contributed by atoms with van der Waals surface area (Å²) in [7, 11) is 0. The Balaban J connectivity index is 1.77. The van der Waals surface area contributed by atoms with Crippen LogP contribution in [0, 0.1) is 0 Å². The number of nitrogens with zero attached hydrogens (tertiary/aromatic N) is 1. The van der Waals surface area contributed by atoms with Gasteiger partial charge in [-0.05, 0) is 29.7 Å². The van der Waals surface area contributed by atoms with Gasteiger partial charge in [0.15, 0.2) is 0 Å². The minimum atomic E-state index is -0.299. The molecule has 118 valence electrons. The van der Waals surface area contributed by atoms with Crippen LogP contribution in [0.1, 0.15) is 29.3 Å². The van der Waals surface area contributed by atoms with Gasteiger partial charge in [0, 0.05) is 31.1 Å². The van der Waals surface area contributed by atoms with Crippen LogP contribution in [0.3, 0.4) is 0 Å². The predicted molar refractivity (Wildman–Crippen MR) is 89.1 cm³/mol. The fraction of sp³-hybridized carbons (Fsp3) is 0.467. The number of alkyl halides is 1. The van der Waals surface area contributed by atoms with Gasteiger partial charge in [0.25, 0.3) is 0 Å². The minimum Gasteiger partial charge on any atom is -0.384 e. The fourth-order valence-electron chi connectivity index (χ4n) is 3.04. The zero-order valence-electron chi connectivity index (χ0n) is 12.0. The van der Waals surface area contributed by atoms with Gasteiger partial charge in [0.2, 0.25) is 11.8 Å². The molecule has 7 heteroatoms. The molecular weight excluding hydrogens is 322 g/mol. The summed E-state index contributed by atoms with van der Waals surface area (Å²) in [5.74, 6) is 0.138. The molecule has 1 aromatic rings. The van der Waals surface area contributed by atoms with E-state index < -0.39 is 0 Å². The third-order valence-corrected chi connectivity index (χ3v) is 4.89. The summed E-state index contributed by atoms with van der Waals surface area (Å²) >= 11 is 10.4. The maximum atomic E-state index is 12.1. The Morgan fingerprint density at radius 2 is 2.23 bits per heavy atom. The molecule has 2 heterocycles. The van der Waals surface area contributed by atoms with Gasteiger partial charge in [0.1, 0.15) is 0 Å². The maximum Gasteiger partial charge on any atom is 0.243 e. The Morgan fingerprint density at radius 3 is 2.95 bits per heavy atom. The van der Waals surface area contributed by atoms with Gasteiger partial charge in [-0.3, -0.25) is 19.8 Å². The molecule has 5 nitrogen and oxygen atoms in total.